The Labute approximate surface area is 235 Å². The number of esters is 2. The molecular formula is C33H38FNO5. The highest BCUT2D eigenvalue weighted by molar-refractivity contribution is 6.05. The molecule has 0 saturated heterocycles. The molecule has 1 N–H and O–H groups in total. The smallest absolute Gasteiger partial charge is 0.310 e. The lowest BCUT2D eigenvalue weighted by molar-refractivity contribution is -0.155. The Hall–Kier alpha value is -4.00. The van der Waals surface area contributed by atoms with Gasteiger partial charge in [-0.05, 0) is 107 Å². The maximum atomic E-state index is 14.5. The maximum Gasteiger partial charge on any atom is 0.310 e. The van der Waals surface area contributed by atoms with Crippen molar-refractivity contribution in [1.82, 2.24) is 0 Å². The van der Waals surface area contributed by atoms with Gasteiger partial charge in [-0.2, -0.15) is 0 Å². The van der Waals surface area contributed by atoms with Gasteiger partial charge in [0.05, 0.1) is 6.42 Å². The number of anilines is 1. The van der Waals surface area contributed by atoms with Gasteiger partial charge < -0.3 is 14.8 Å². The Morgan fingerprint density at radius 1 is 0.800 bits per heavy atom. The molecule has 0 heterocycles. The number of aryl methyl sites for hydroxylation is 2. The number of amides is 1. The summed E-state index contributed by atoms with van der Waals surface area (Å²) in [6.07, 6.45) is 0.475. The van der Waals surface area contributed by atoms with E-state index in [0.717, 1.165) is 5.56 Å². The van der Waals surface area contributed by atoms with E-state index >= 15 is 0 Å². The lowest BCUT2D eigenvalue weighted by atomic mass is 9.98. The van der Waals surface area contributed by atoms with Crippen molar-refractivity contribution in [3.63, 3.8) is 0 Å². The zero-order valence-corrected chi connectivity index (χ0v) is 24.3. The molecule has 6 nitrogen and oxygen atoms in total. The quantitative estimate of drug-likeness (QED) is 0.301. The molecule has 0 saturated carbocycles. The number of carbonyl (C=O) groups is 3. The van der Waals surface area contributed by atoms with Crippen LogP contribution in [-0.2, 0) is 31.9 Å². The second kappa shape index (κ2) is 12.5. The number of hydrogen-bond acceptors (Lipinski definition) is 5. The highest BCUT2D eigenvalue weighted by Gasteiger charge is 2.19. The monoisotopic (exact) mass is 547 g/mol. The van der Waals surface area contributed by atoms with Crippen molar-refractivity contribution in [3.8, 4) is 11.1 Å². The number of rotatable bonds is 8. The lowest BCUT2D eigenvalue weighted by Gasteiger charge is -2.20. The highest BCUT2D eigenvalue weighted by atomic mass is 19.1. The molecule has 0 aliphatic heterocycles. The van der Waals surface area contributed by atoms with E-state index in [9.17, 15) is 18.8 Å². The average molecular weight is 548 g/mol. The minimum atomic E-state index is -0.614. The van der Waals surface area contributed by atoms with E-state index in [4.69, 9.17) is 9.47 Å². The van der Waals surface area contributed by atoms with Gasteiger partial charge in [0.15, 0.2) is 0 Å². The van der Waals surface area contributed by atoms with E-state index in [2.05, 4.69) is 5.32 Å². The molecular weight excluding hydrogens is 509 g/mol. The molecule has 0 unspecified atom stereocenters. The summed E-state index contributed by atoms with van der Waals surface area (Å²) in [6.45, 7) is 12.7. The Balaban J connectivity index is 1.78. The van der Waals surface area contributed by atoms with Crippen LogP contribution in [0.2, 0.25) is 0 Å². The molecule has 0 fully saturated rings. The zero-order valence-electron chi connectivity index (χ0n) is 24.3. The molecule has 212 valence electrons. The van der Waals surface area contributed by atoms with Crippen molar-refractivity contribution in [1.29, 1.82) is 0 Å². The zero-order chi connectivity index (χ0) is 29.7. The first-order valence-electron chi connectivity index (χ1n) is 13.3. The summed E-state index contributed by atoms with van der Waals surface area (Å²) in [4.78, 5) is 37.8. The van der Waals surface area contributed by atoms with Crippen molar-refractivity contribution in [2.45, 2.75) is 78.9 Å². The minimum absolute atomic E-state index is 0.0178. The normalized spacial score (nSPS) is 11.6. The molecule has 3 aromatic carbocycles. The third-order valence-electron chi connectivity index (χ3n) is 5.72. The first-order chi connectivity index (χ1) is 18.6. The summed E-state index contributed by atoms with van der Waals surface area (Å²) in [6, 6.07) is 16.9. The standard InChI is InChI=1S/C33H38FNO5/c1-21-11-13-28(26(15-21)20-30(37)40-33(5,6)7)35-31(38)24-10-8-9-23(18-24)25-16-22(17-27(34)19-25)12-14-29(36)39-32(2,3)4/h8-11,13,15-19H,12,14,20H2,1-7H3,(H,35,38). The van der Waals surface area contributed by atoms with E-state index in [0.29, 0.717) is 39.9 Å². The predicted octanol–water partition coefficient (Wildman–Crippen LogP) is 7.21. The molecule has 0 aliphatic carbocycles. The SMILES string of the molecule is Cc1ccc(NC(=O)c2cccc(-c3cc(F)cc(CCC(=O)OC(C)(C)C)c3)c2)c(CC(=O)OC(C)(C)C)c1. The van der Waals surface area contributed by atoms with Crippen LogP contribution in [0.4, 0.5) is 10.1 Å². The van der Waals surface area contributed by atoms with Crippen molar-refractivity contribution in [2.24, 2.45) is 0 Å². The number of nitrogens with one attached hydrogen (secondary N) is 1. The van der Waals surface area contributed by atoms with Crippen molar-refractivity contribution < 1.29 is 28.2 Å². The Kier molecular flexibility index (Phi) is 9.51. The Morgan fingerprint density at radius 3 is 2.15 bits per heavy atom. The number of benzene rings is 3. The molecule has 3 rings (SSSR count). The van der Waals surface area contributed by atoms with E-state index in [1.165, 1.54) is 12.1 Å². The first kappa shape index (κ1) is 30.5. The Morgan fingerprint density at radius 2 is 1.48 bits per heavy atom. The van der Waals surface area contributed by atoms with Gasteiger partial charge >= 0.3 is 11.9 Å². The summed E-state index contributed by atoms with van der Waals surface area (Å²) in [5.41, 5.74) is 3.20. The summed E-state index contributed by atoms with van der Waals surface area (Å²) in [5.74, 6) is -1.53. The van der Waals surface area contributed by atoms with E-state index in [1.807, 2.05) is 25.1 Å². The molecule has 1 amide bonds. The molecule has 0 aromatic heterocycles. The van der Waals surface area contributed by atoms with Crippen LogP contribution in [0.5, 0.6) is 0 Å². The molecule has 0 atom stereocenters. The molecule has 0 bridgehead atoms. The van der Waals surface area contributed by atoms with Gasteiger partial charge in [-0.1, -0.05) is 35.9 Å². The fraction of sp³-hybridized carbons (Fsp3) is 0.364. The van der Waals surface area contributed by atoms with Crippen molar-refractivity contribution >= 4 is 23.5 Å². The van der Waals surface area contributed by atoms with E-state index < -0.39 is 17.0 Å². The van der Waals surface area contributed by atoms with Crippen LogP contribution >= 0.6 is 0 Å². The largest absolute Gasteiger partial charge is 0.460 e. The molecule has 7 heteroatoms. The van der Waals surface area contributed by atoms with Crippen LogP contribution in [0, 0.1) is 12.7 Å². The fourth-order valence-corrected chi connectivity index (χ4v) is 4.16. The van der Waals surface area contributed by atoms with Gasteiger partial charge in [-0.15, -0.1) is 0 Å². The number of halogens is 1. The second-order valence-corrected chi connectivity index (χ2v) is 11.9. The topological polar surface area (TPSA) is 81.7 Å². The third kappa shape index (κ3) is 9.63. The molecule has 40 heavy (non-hydrogen) atoms. The number of ether oxygens (including phenoxy) is 2. The van der Waals surface area contributed by atoms with Gasteiger partial charge in [0.2, 0.25) is 0 Å². The molecule has 0 aliphatic rings. The van der Waals surface area contributed by atoms with Gasteiger partial charge in [-0.25, -0.2) is 4.39 Å². The predicted molar refractivity (Wildman–Crippen MR) is 155 cm³/mol. The van der Waals surface area contributed by atoms with Crippen LogP contribution in [0.3, 0.4) is 0 Å². The van der Waals surface area contributed by atoms with Gasteiger partial charge in [0, 0.05) is 17.7 Å². The van der Waals surface area contributed by atoms with Crippen LogP contribution in [0.1, 0.15) is 75.0 Å². The van der Waals surface area contributed by atoms with E-state index in [1.54, 1.807) is 71.9 Å². The summed E-state index contributed by atoms with van der Waals surface area (Å²) in [7, 11) is 0. The fourth-order valence-electron chi connectivity index (χ4n) is 4.16. The third-order valence-corrected chi connectivity index (χ3v) is 5.72. The van der Waals surface area contributed by atoms with Crippen LogP contribution in [-0.4, -0.2) is 29.0 Å². The molecule has 3 aromatic rings. The van der Waals surface area contributed by atoms with Crippen LogP contribution in [0.25, 0.3) is 11.1 Å². The minimum Gasteiger partial charge on any atom is -0.460 e. The first-order valence-corrected chi connectivity index (χ1v) is 13.3. The summed E-state index contributed by atoms with van der Waals surface area (Å²) < 4.78 is 25.3. The van der Waals surface area contributed by atoms with Gasteiger partial charge in [0.25, 0.3) is 5.91 Å². The van der Waals surface area contributed by atoms with Gasteiger partial charge in [0.1, 0.15) is 17.0 Å². The van der Waals surface area contributed by atoms with Crippen molar-refractivity contribution in [2.75, 3.05) is 5.32 Å². The molecule has 0 spiro atoms. The number of carbonyl (C=O) groups excluding carboxylic acids is 3. The highest BCUT2D eigenvalue weighted by Crippen LogP contribution is 2.26. The van der Waals surface area contributed by atoms with Crippen LogP contribution in [0.15, 0.2) is 60.7 Å². The lowest BCUT2D eigenvalue weighted by Crippen LogP contribution is -2.25. The van der Waals surface area contributed by atoms with Crippen LogP contribution < -0.4 is 5.32 Å². The Bertz CT molecular complexity index is 1400. The van der Waals surface area contributed by atoms with Gasteiger partial charge in [-0.3, -0.25) is 14.4 Å². The summed E-state index contributed by atoms with van der Waals surface area (Å²) >= 11 is 0. The second-order valence-electron chi connectivity index (χ2n) is 11.9. The molecule has 0 radical (unpaired) electrons. The average Bonchev–Trinajstić information content (AvgIpc) is 2.82. The van der Waals surface area contributed by atoms with Crippen molar-refractivity contribution in [3.05, 3.63) is 88.7 Å². The maximum absolute atomic E-state index is 14.5. The number of hydrogen-bond donors (Lipinski definition) is 1. The summed E-state index contributed by atoms with van der Waals surface area (Å²) in [5, 5.41) is 2.90. The van der Waals surface area contributed by atoms with E-state index in [-0.39, 0.29) is 30.7 Å².